The third-order valence-electron chi connectivity index (χ3n) is 6.89. The molecule has 2 amide bonds. The second kappa shape index (κ2) is 8.61. The van der Waals surface area contributed by atoms with E-state index >= 15 is 0 Å². The second-order valence-corrected chi connectivity index (χ2v) is 8.51. The van der Waals surface area contributed by atoms with Gasteiger partial charge in [0, 0.05) is 17.6 Å². The number of urea groups is 1. The number of nitrogens with two attached hydrogens (primary N) is 1. The molecule has 27 heavy (non-hydrogen) atoms. The van der Waals surface area contributed by atoms with Crippen LogP contribution in [-0.4, -0.2) is 28.7 Å². The Morgan fingerprint density at radius 3 is 2.44 bits per heavy atom. The minimum absolute atomic E-state index is 0.0181. The summed E-state index contributed by atoms with van der Waals surface area (Å²) in [4.78, 5) is 17.9. The molecule has 0 aromatic heterocycles. The van der Waals surface area contributed by atoms with Crippen LogP contribution in [0.1, 0.15) is 72.5 Å². The van der Waals surface area contributed by atoms with Gasteiger partial charge < -0.3 is 11.1 Å². The molecule has 1 aliphatic heterocycles. The third kappa shape index (κ3) is 4.46. The summed E-state index contributed by atoms with van der Waals surface area (Å²) < 4.78 is 0. The summed E-state index contributed by atoms with van der Waals surface area (Å²) in [5.74, 6) is 0.719. The van der Waals surface area contributed by atoms with Crippen LogP contribution in [0.3, 0.4) is 0 Å². The Hall–Kier alpha value is -1.59. The zero-order valence-electron chi connectivity index (χ0n) is 17.8. The summed E-state index contributed by atoms with van der Waals surface area (Å²) in [7, 11) is 0. The summed E-state index contributed by atoms with van der Waals surface area (Å²) in [5.41, 5.74) is 6.27. The van der Waals surface area contributed by atoms with E-state index in [9.17, 15) is 4.79 Å². The number of hydrogen-bond donors (Lipinski definition) is 2. The minimum atomic E-state index is -0.449. The van der Waals surface area contributed by atoms with Crippen LogP contribution in [0.2, 0.25) is 0 Å². The van der Waals surface area contributed by atoms with E-state index in [1.807, 2.05) is 6.07 Å². The van der Waals surface area contributed by atoms with Gasteiger partial charge in [-0.15, -0.1) is 0 Å². The van der Waals surface area contributed by atoms with Gasteiger partial charge >= 0.3 is 6.03 Å². The van der Waals surface area contributed by atoms with E-state index in [1.54, 1.807) is 0 Å². The Labute approximate surface area is 164 Å². The highest BCUT2D eigenvalue weighted by molar-refractivity contribution is 5.71. The number of carbonyl (C=O) groups excluding carboxylic acids is 1. The average molecular weight is 376 g/mol. The van der Waals surface area contributed by atoms with Crippen molar-refractivity contribution in [2.45, 2.75) is 78.0 Å². The average Bonchev–Trinajstić information content (AvgIpc) is 2.67. The van der Waals surface area contributed by atoms with Crippen molar-refractivity contribution in [1.82, 2.24) is 10.4 Å². The van der Waals surface area contributed by atoms with Gasteiger partial charge in [0.1, 0.15) is 6.10 Å². The van der Waals surface area contributed by atoms with Crippen molar-refractivity contribution >= 4 is 6.03 Å². The molecule has 0 saturated carbocycles. The van der Waals surface area contributed by atoms with Gasteiger partial charge in [-0.05, 0) is 57.4 Å². The zero-order chi connectivity index (χ0) is 20.2. The molecular formula is C22H37N3O2. The van der Waals surface area contributed by atoms with E-state index in [4.69, 9.17) is 10.6 Å². The molecule has 1 aliphatic rings. The van der Waals surface area contributed by atoms with Crippen molar-refractivity contribution in [1.29, 1.82) is 0 Å². The van der Waals surface area contributed by atoms with Crippen molar-refractivity contribution in [3.05, 3.63) is 35.9 Å². The fraction of sp³-hybridized carbons (Fsp3) is 0.682. The number of nitrogens with one attached hydrogen (secondary N) is 1. The van der Waals surface area contributed by atoms with Gasteiger partial charge in [0.15, 0.2) is 0 Å². The van der Waals surface area contributed by atoms with Gasteiger partial charge in [-0.1, -0.05) is 51.1 Å². The van der Waals surface area contributed by atoms with Crippen molar-refractivity contribution in [2.75, 3.05) is 6.54 Å². The molecule has 1 aromatic rings. The maximum Gasteiger partial charge on any atom is 0.312 e. The molecule has 5 unspecified atom stereocenters. The van der Waals surface area contributed by atoms with Gasteiger partial charge in [0.2, 0.25) is 0 Å². The van der Waals surface area contributed by atoms with E-state index < -0.39 is 6.03 Å². The van der Waals surface area contributed by atoms with Crippen LogP contribution in [0, 0.1) is 11.8 Å². The Balaban J connectivity index is 2.31. The van der Waals surface area contributed by atoms with Crippen LogP contribution in [-0.2, 0) is 4.84 Å². The number of amides is 2. The molecule has 1 fully saturated rings. The zero-order valence-corrected chi connectivity index (χ0v) is 17.8. The predicted octanol–water partition coefficient (Wildman–Crippen LogP) is 4.64. The third-order valence-corrected chi connectivity index (χ3v) is 6.89. The number of nitrogens with zero attached hydrogens (tertiary/aromatic N) is 1. The Bertz CT molecular complexity index is 623. The molecule has 5 atom stereocenters. The Morgan fingerprint density at radius 2 is 1.93 bits per heavy atom. The van der Waals surface area contributed by atoms with Crippen molar-refractivity contribution < 1.29 is 9.63 Å². The van der Waals surface area contributed by atoms with E-state index in [1.165, 1.54) is 5.56 Å². The first-order chi connectivity index (χ1) is 12.7. The number of hydroxylamine groups is 2. The topological polar surface area (TPSA) is 67.6 Å². The van der Waals surface area contributed by atoms with Gasteiger partial charge in [-0.3, -0.25) is 4.84 Å². The van der Waals surface area contributed by atoms with E-state index in [0.29, 0.717) is 18.4 Å². The molecule has 0 spiro atoms. The smallest absolute Gasteiger partial charge is 0.312 e. The molecule has 1 aromatic carbocycles. The number of primary amides is 1. The summed E-state index contributed by atoms with van der Waals surface area (Å²) in [5, 5.41) is 5.11. The van der Waals surface area contributed by atoms with E-state index in [2.05, 4.69) is 76.2 Å². The van der Waals surface area contributed by atoms with Crippen LogP contribution in [0.15, 0.2) is 30.3 Å². The summed E-state index contributed by atoms with van der Waals surface area (Å²) in [6.07, 6.45) is 2.89. The number of rotatable bonds is 7. The highest BCUT2D eigenvalue weighted by Crippen LogP contribution is 2.49. The van der Waals surface area contributed by atoms with Crippen LogP contribution in [0.25, 0.3) is 0 Å². The first-order valence-electron chi connectivity index (χ1n) is 10.2. The van der Waals surface area contributed by atoms with E-state index in [0.717, 1.165) is 19.3 Å². The van der Waals surface area contributed by atoms with Gasteiger partial charge in [-0.25, -0.2) is 4.79 Å². The SMILES string of the molecule is CCC1(C)CC(CNC(N)=O)C(C)C(C)(CC)N1OC(C)c1ccccc1. The molecule has 0 radical (unpaired) electrons. The summed E-state index contributed by atoms with van der Waals surface area (Å²) in [6, 6.07) is 9.92. The maximum absolute atomic E-state index is 11.3. The molecule has 3 N–H and O–H groups in total. The maximum atomic E-state index is 11.3. The second-order valence-electron chi connectivity index (χ2n) is 8.51. The minimum Gasteiger partial charge on any atom is -0.352 e. The molecule has 2 rings (SSSR count). The molecule has 5 heteroatoms. The molecule has 1 saturated heterocycles. The van der Waals surface area contributed by atoms with Crippen molar-refractivity contribution in [2.24, 2.45) is 17.6 Å². The van der Waals surface area contributed by atoms with Crippen molar-refractivity contribution in [3.63, 3.8) is 0 Å². The lowest BCUT2D eigenvalue weighted by Crippen LogP contribution is -2.67. The quantitative estimate of drug-likeness (QED) is 0.729. The monoisotopic (exact) mass is 375 g/mol. The number of carbonyl (C=O) groups is 1. The predicted molar refractivity (Wildman–Crippen MR) is 110 cm³/mol. The first kappa shape index (κ1) is 21.7. The Kier molecular flexibility index (Phi) is 6.92. The lowest BCUT2D eigenvalue weighted by Gasteiger charge is -2.60. The van der Waals surface area contributed by atoms with Crippen LogP contribution in [0.5, 0.6) is 0 Å². The molecule has 1 heterocycles. The fourth-order valence-corrected chi connectivity index (χ4v) is 4.56. The number of piperidine rings is 1. The van der Waals surface area contributed by atoms with Gasteiger partial charge in [0.25, 0.3) is 0 Å². The molecule has 0 bridgehead atoms. The normalized spacial score (nSPS) is 32.8. The standard InChI is InChI=1S/C22H37N3O2/c1-7-21(5)14-19(15-24-20(23)26)16(3)22(6,8-2)25(21)27-17(4)18-12-10-9-11-13-18/h9-13,16-17,19H,7-8,14-15H2,1-6H3,(H3,23,24,26). The van der Waals surface area contributed by atoms with Crippen LogP contribution < -0.4 is 11.1 Å². The van der Waals surface area contributed by atoms with E-state index in [-0.39, 0.29) is 17.2 Å². The Morgan fingerprint density at radius 1 is 1.30 bits per heavy atom. The lowest BCUT2D eigenvalue weighted by atomic mass is 9.65. The molecule has 0 aliphatic carbocycles. The number of hydrogen-bond acceptors (Lipinski definition) is 3. The molecule has 152 valence electrons. The van der Waals surface area contributed by atoms with Crippen LogP contribution >= 0.6 is 0 Å². The van der Waals surface area contributed by atoms with Gasteiger partial charge in [0.05, 0.1) is 0 Å². The highest BCUT2D eigenvalue weighted by atomic mass is 16.7. The summed E-state index contributed by atoms with van der Waals surface area (Å²) in [6.45, 7) is 14.0. The summed E-state index contributed by atoms with van der Waals surface area (Å²) >= 11 is 0. The highest BCUT2D eigenvalue weighted by Gasteiger charge is 2.54. The van der Waals surface area contributed by atoms with Crippen molar-refractivity contribution in [3.8, 4) is 0 Å². The lowest BCUT2D eigenvalue weighted by molar-refractivity contribution is -0.331. The molecule has 5 nitrogen and oxygen atoms in total. The molecular weight excluding hydrogens is 338 g/mol. The van der Waals surface area contributed by atoms with Crippen LogP contribution in [0.4, 0.5) is 4.79 Å². The van der Waals surface area contributed by atoms with Gasteiger partial charge in [-0.2, -0.15) is 5.06 Å². The number of benzene rings is 1. The largest absolute Gasteiger partial charge is 0.352 e. The fourth-order valence-electron chi connectivity index (χ4n) is 4.56. The first-order valence-corrected chi connectivity index (χ1v) is 10.2.